The molecule has 1 aromatic carbocycles. The SMILES string of the molecule is CCOC(=O)CCc1csc(-c2cc(F)ccc2F)n1. The summed E-state index contributed by atoms with van der Waals surface area (Å²) >= 11 is 1.22. The van der Waals surface area contributed by atoms with Crippen LogP contribution in [0.4, 0.5) is 8.78 Å². The van der Waals surface area contributed by atoms with Gasteiger partial charge in [-0.05, 0) is 25.1 Å². The highest BCUT2D eigenvalue weighted by Crippen LogP contribution is 2.27. The molecule has 20 heavy (non-hydrogen) atoms. The molecule has 1 aromatic heterocycles. The van der Waals surface area contributed by atoms with Gasteiger partial charge >= 0.3 is 5.97 Å². The van der Waals surface area contributed by atoms with Crippen LogP contribution in [0.1, 0.15) is 19.0 Å². The molecule has 2 aromatic rings. The summed E-state index contributed by atoms with van der Waals surface area (Å²) in [4.78, 5) is 15.5. The van der Waals surface area contributed by atoms with Gasteiger partial charge in [-0.25, -0.2) is 13.8 Å². The molecule has 0 saturated heterocycles. The number of hydrogen-bond acceptors (Lipinski definition) is 4. The largest absolute Gasteiger partial charge is 0.466 e. The van der Waals surface area contributed by atoms with Crippen LogP contribution in [0.2, 0.25) is 0 Å². The maximum absolute atomic E-state index is 13.6. The molecule has 0 radical (unpaired) electrons. The zero-order valence-corrected chi connectivity index (χ0v) is 11.7. The Kier molecular flexibility index (Phi) is 4.79. The van der Waals surface area contributed by atoms with Crippen molar-refractivity contribution in [2.24, 2.45) is 0 Å². The molecule has 0 unspecified atom stereocenters. The molecule has 0 aliphatic rings. The minimum absolute atomic E-state index is 0.136. The van der Waals surface area contributed by atoms with Gasteiger partial charge in [0.2, 0.25) is 0 Å². The number of esters is 1. The number of thiazole rings is 1. The van der Waals surface area contributed by atoms with Gasteiger partial charge in [0.1, 0.15) is 16.6 Å². The quantitative estimate of drug-likeness (QED) is 0.792. The average molecular weight is 297 g/mol. The molecule has 0 atom stereocenters. The lowest BCUT2D eigenvalue weighted by molar-refractivity contribution is -0.143. The highest BCUT2D eigenvalue weighted by atomic mass is 32.1. The number of rotatable bonds is 5. The standard InChI is InChI=1S/C14H13F2NO2S/c1-2-19-13(18)6-4-10-8-20-14(17-10)11-7-9(15)3-5-12(11)16/h3,5,7-8H,2,4,6H2,1H3. The van der Waals surface area contributed by atoms with E-state index >= 15 is 0 Å². The number of hydrogen-bond donors (Lipinski definition) is 0. The Morgan fingerprint density at radius 3 is 2.95 bits per heavy atom. The molecule has 0 saturated carbocycles. The molecule has 106 valence electrons. The fourth-order valence-electron chi connectivity index (χ4n) is 1.67. The Balaban J connectivity index is 2.09. The van der Waals surface area contributed by atoms with Crippen molar-refractivity contribution in [1.82, 2.24) is 4.98 Å². The van der Waals surface area contributed by atoms with E-state index in [9.17, 15) is 13.6 Å². The normalized spacial score (nSPS) is 10.6. The van der Waals surface area contributed by atoms with Gasteiger partial charge in [0.05, 0.1) is 18.7 Å². The molecule has 2 rings (SSSR count). The van der Waals surface area contributed by atoms with E-state index in [1.54, 1.807) is 12.3 Å². The van der Waals surface area contributed by atoms with Crippen LogP contribution in [0.25, 0.3) is 10.6 Å². The molecule has 0 N–H and O–H groups in total. The maximum Gasteiger partial charge on any atom is 0.306 e. The molecular weight excluding hydrogens is 284 g/mol. The number of aromatic nitrogens is 1. The lowest BCUT2D eigenvalue weighted by Gasteiger charge is -2.00. The minimum Gasteiger partial charge on any atom is -0.466 e. The summed E-state index contributed by atoms with van der Waals surface area (Å²) in [6, 6.07) is 3.25. The highest BCUT2D eigenvalue weighted by molar-refractivity contribution is 7.13. The van der Waals surface area contributed by atoms with Gasteiger partial charge in [0, 0.05) is 17.4 Å². The molecular formula is C14H13F2NO2S. The van der Waals surface area contributed by atoms with Gasteiger partial charge in [-0.2, -0.15) is 0 Å². The van der Waals surface area contributed by atoms with Crippen LogP contribution in [-0.4, -0.2) is 17.6 Å². The van der Waals surface area contributed by atoms with Crippen LogP contribution in [0.3, 0.4) is 0 Å². The van der Waals surface area contributed by atoms with Gasteiger partial charge in [0.15, 0.2) is 0 Å². The first-order valence-electron chi connectivity index (χ1n) is 6.15. The Morgan fingerprint density at radius 2 is 2.20 bits per heavy atom. The van der Waals surface area contributed by atoms with Crippen molar-refractivity contribution >= 4 is 17.3 Å². The van der Waals surface area contributed by atoms with Gasteiger partial charge in [-0.1, -0.05) is 0 Å². The van der Waals surface area contributed by atoms with Crippen LogP contribution < -0.4 is 0 Å². The highest BCUT2D eigenvalue weighted by Gasteiger charge is 2.12. The third-order valence-electron chi connectivity index (χ3n) is 2.60. The van der Waals surface area contributed by atoms with E-state index in [1.807, 2.05) is 0 Å². The summed E-state index contributed by atoms with van der Waals surface area (Å²) in [5.41, 5.74) is 0.805. The van der Waals surface area contributed by atoms with Crippen molar-refractivity contribution in [2.45, 2.75) is 19.8 Å². The Bertz CT molecular complexity index is 613. The molecule has 6 heteroatoms. The molecule has 0 aliphatic carbocycles. The number of nitrogens with zero attached hydrogens (tertiary/aromatic N) is 1. The van der Waals surface area contributed by atoms with E-state index in [1.165, 1.54) is 11.3 Å². The predicted octanol–water partition coefficient (Wildman–Crippen LogP) is 3.58. The summed E-state index contributed by atoms with van der Waals surface area (Å²) in [5, 5.41) is 2.14. The summed E-state index contributed by atoms with van der Waals surface area (Å²) in [5.74, 6) is -1.32. The predicted molar refractivity (Wildman–Crippen MR) is 72.4 cm³/mol. The van der Waals surface area contributed by atoms with Gasteiger partial charge < -0.3 is 4.74 Å². The fraction of sp³-hybridized carbons (Fsp3) is 0.286. The van der Waals surface area contributed by atoms with Crippen molar-refractivity contribution in [2.75, 3.05) is 6.61 Å². The van der Waals surface area contributed by atoms with E-state index < -0.39 is 11.6 Å². The van der Waals surface area contributed by atoms with Crippen molar-refractivity contribution in [3.8, 4) is 10.6 Å². The minimum atomic E-state index is -0.516. The van der Waals surface area contributed by atoms with Crippen LogP contribution in [0.5, 0.6) is 0 Å². The number of ether oxygens (including phenoxy) is 1. The number of carbonyl (C=O) groups is 1. The maximum atomic E-state index is 13.6. The molecule has 0 bridgehead atoms. The summed E-state index contributed by atoms with van der Waals surface area (Å²) in [6.07, 6.45) is 0.648. The average Bonchev–Trinajstić information content (AvgIpc) is 2.88. The Hall–Kier alpha value is -1.82. The lowest BCUT2D eigenvalue weighted by Crippen LogP contribution is -2.05. The molecule has 0 aliphatic heterocycles. The molecule has 1 heterocycles. The Morgan fingerprint density at radius 1 is 1.40 bits per heavy atom. The summed E-state index contributed by atoms with van der Waals surface area (Å²) in [6.45, 7) is 2.08. The number of aryl methyl sites for hydroxylation is 1. The smallest absolute Gasteiger partial charge is 0.306 e. The van der Waals surface area contributed by atoms with Crippen LogP contribution >= 0.6 is 11.3 Å². The van der Waals surface area contributed by atoms with E-state index in [0.717, 1.165) is 18.2 Å². The summed E-state index contributed by atoms with van der Waals surface area (Å²) < 4.78 is 31.5. The van der Waals surface area contributed by atoms with E-state index in [-0.39, 0.29) is 18.0 Å². The van der Waals surface area contributed by atoms with Crippen molar-refractivity contribution in [1.29, 1.82) is 0 Å². The fourth-order valence-corrected chi connectivity index (χ4v) is 2.54. The summed E-state index contributed by atoms with van der Waals surface area (Å²) in [7, 11) is 0. The number of carbonyl (C=O) groups excluding carboxylic acids is 1. The number of benzene rings is 1. The third-order valence-corrected chi connectivity index (χ3v) is 3.53. The lowest BCUT2D eigenvalue weighted by atomic mass is 10.2. The first kappa shape index (κ1) is 14.6. The second-order valence-electron chi connectivity index (χ2n) is 4.07. The van der Waals surface area contributed by atoms with Crippen LogP contribution in [-0.2, 0) is 16.0 Å². The second-order valence-corrected chi connectivity index (χ2v) is 4.93. The number of halogens is 2. The topological polar surface area (TPSA) is 39.2 Å². The first-order valence-corrected chi connectivity index (χ1v) is 7.03. The molecule has 0 amide bonds. The van der Waals surface area contributed by atoms with Crippen LogP contribution in [0, 0.1) is 11.6 Å². The molecule has 3 nitrogen and oxygen atoms in total. The third kappa shape index (κ3) is 3.60. The second kappa shape index (κ2) is 6.56. The van der Waals surface area contributed by atoms with Crippen molar-refractivity contribution in [3.05, 3.63) is 40.9 Å². The van der Waals surface area contributed by atoms with Crippen molar-refractivity contribution in [3.63, 3.8) is 0 Å². The molecule has 0 fully saturated rings. The zero-order valence-electron chi connectivity index (χ0n) is 10.9. The van der Waals surface area contributed by atoms with Gasteiger partial charge in [-0.3, -0.25) is 4.79 Å². The van der Waals surface area contributed by atoms with Crippen molar-refractivity contribution < 1.29 is 18.3 Å². The van der Waals surface area contributed by atoms with E-state index in [4.69, 9.17) is 4.74 Å². The van der Waals surface area contributed by atoms with Gasteiger partial charge in [0.25, 0.3) is 0 Å². The monoisotopic (exact) mass is 297 g/mol. The van der Waals surface area contributed by atoms with E-state index in [2.05, 4.69) is 4.98 Å². The molecule has 0 spiro atoms. The Labute approximate surface area is 119 Å². The van der Waals surface area contributed by atoms with Crippen LogP contribution in [0.15, 0.2) is 23.6 Å². The van der Waals surface area contributed by atoms with E-state index in [0.29, 0.717) is 23.7 Å². The first-order chi connectivity index (χ1) is 9.60. The van der Waals surface area contributed by atoms with Gasteiger partial charge in [-0.15, -0.1) is 11.3 Å². The zero-order chi connectivity index (χ0) is 14.5.